The van der Waals surface area contributed by atoms with E-state index in [1.54, 1.807) is 6.92 Å². The maximum Gasteiger partial charge on any atom is 0.322 e. The molecule has 2 aliphatic heterocycles. The minimum atomic E-state index is -1.16. The fourth-order valence-corrected chi connectivity index (χ4v) is 6.39. The topological polar surface area (TPSA) is 116 Å². The van der Waals surface area contributed by atoms with Crippen molar-refractivity contribution in [1.82, 2.24) is 15.3 Å². The minimum absolute atomic E-state index is 0.176. The van der Waals surface area contributed by atoms with E-state index in [1.807, 2.05) is 11.8 Å². The van der Waals surface area contributed by atoms with Crippen molar-refractivity contribution in [3.05, 3.63) is 76.9 Å². The molecule has 0 bridgehead atoms. The lowest BCUT2D eigenvalue weighted by atomic mass is 9.91. The van der Waals surface area contributed by atoms with Crippen molar-refractivity contribution in [3.63, 3.8) is 0 Å². The van der Waals surface area contributed by atoms with Crippen LogP contribution in [0.15, 0.2) is 53.4 Å². The number of carboxylic acids is 1. The number of amides is 1. The number of aryl methyl sites for hydroxylation is 1. The zero-order valence-corrected chi connectivity index (χ0v) is 21.5. The number of anilines is 1. The summed E-state index contributed by atoms with van der Waals surface area (Å²) in [6, 6.07) is 17.7. The van der Waals surface area contributed by atoms with Crippen molar-refractivity contribution in [2.75, 3.05) is 30.3 Å². The first-order valence-corrected chi connectivity index (χ1v) is 13.5. The van der Waals surface area contributed by atoms with Gasteiger partial charge in [0.2, 0.25) is 0 Å². The van der Waals surface area contributed by atoms with Gasteiger partial charge in [0, 0.05) is 41.8 Å². The molecule has 0 radical (unpaired) electrons. The molecule has 1 aromatic heterocycles. The number of carbonyl (C=O) groups excluding carboxylic acids is 1. The molecule has 0 spiro atoms. The fraction of sp³-hybridized carbons (Fsp3) is 0.357. The van der Waals surface area contributed by atoms with E-state index in [4.69, 9.17) is 5.11 Å². The van der Waals surface area contributed by atoms with E-state index in [9.17, 15) is 14.7 Å². The van der Waals surface area contributed by atoms with Crippen molar-refractivity contribution in [1.29, 1.82) is 0 Å². The Morgan fingerprint density at radius 2 is 1.81 bits per heavy atom. The largest absolute Gasteiger partial charge is 0.504 e. The zero-order valence-electron chi connectivity index (χ0n) is 20.7. The molecule has 1 fully saturated rings. The van der Waals surface area contributed by atoms with Gasteiger partial charge in [-0.1, -0.05) is 30.3 Å². The Morgan fingerprint density at radius 3 is 2.54 bits per heavy atom. The third-order valence-electron chi connectivity index (χ3n) is 7.17. The Hall–Kier alpha value is -3.59. The average Bonchev–Trinajstić information content (AvgIpc) is 3.34. The molecule has 3 heterocycles. The SMILES string of the molecule is Cc1nc(CC2CCN(c3ccc(C4CSc5ccccc54)cc3)CC2)nc(C(=O)NCC(=O)O)c1O. The Balaban J connectivity index is 1.19. The van der Waals surface area contributed by atoms with Crippen LogP contribution in [-0.2, 0) is 11.2 Å². The summed E-state index contributed by atoms with van der Waals surface area (Å²) in [7, 11) is 0. The van der Waals surface area contributed by atoms with Gasteiger partial charge in [0.1, 0.15) is 12.4 Å². The van der Waals surface area contributed by atoms with Gasteiger partial charge < -0.3 is 20.4 Å². The maximum absolute atomic E-state index is 12.3. The second-order valence-electron chi connectivity index (χ2n) is 9.63. The van der Waals surface area contributed by atoms with Crippen LogP contribution in [0.2, 0.25) is 0 Å². The number of aromatic hydroxyl groups is 1. The van der Waals surface area contributed by atoms with Gasteiger partial charge in [0.25, 0.3) is 5.91 Å². The molecule has 5 rings (SSSR count). The lowest BCUT2D eigenvalue weighted by Crippen LogP contribution is -2.34. The maximum atomic E-state index is 12.3. The van der Waals surface area contributed by atoms with Crippen LogP contribution >= 0.6 is 11.8 Å². The number of nitrogens with zero attached hydrogens (tertiary/aromatic N) is 3. The average molecular weight is 519 g/mol. The lowest BCUT2D eigenvalue weighted by molar-refractivity contribution is -0.135. The molecule has 8 nitrogen and oxygen atoms in total. The van der Waals surface area contributed by atoms with E-state index in [0.717, 1.165) is 31.7 Å². The van der Waals surface area contributed by atoms with Gasteiger partial charge in [-0.2, -0.15) is 0 Å². The molecule has 1 unspecified atom stereocenters. The highest BCUT2D eigenvalue weighted by molar-refractivity contribution is 7.99. The number of aromatic nitrogens is 2. The fourth-order valence-electron chi connectivity index (χ4n) is 5.12. The normalized spacial score (nSPS) is 17.4. The number of fused-ring (bicyclic) bond motifs is 1. The third-order valence-corrected chi connectivity index (χ3v) is 8.35. The van der Waals surface area contributed by atoms with Crippen LogP contribution in [0.1, 0.15) is 51.9 Å². The standard InChI is InChI=1S/C28H30N4O4S/c1-17-27(35)26(28(36)29-15-25(33)34)31-24(30-17)14-18-10-12-32(13-11-18)20-8-6-19(7-9-20)22-16-37-23-5-3-2-4-21(22)23/h2-9,18,22,35H,10-16H2,1H3,(H,29,36)(H,33,34). The van der Waals surface area contributed by atoms with Crippen molar-refractivity contribution in [2.45, 2.75) is 37.0 Å². The van der Waals surface area contributed by atoms with E-state index in [-0.39, 0.29) is 11.4 Å². The quantitative estimate of drug-likeness (QED) is 0.430. The first-order chi connectivity index (χ1) is 17.9. The molecule has 37 heavy (non-hydrogen) atoms. The van der Waals surface area contributed by atoms with Gasteiger partial charge in [0.15, 0.2) is 11.4 Å². The minimum Gasteiger partial charge on any atom is -0.504 e. The van der Waals surface area contributed by atoms with Gasteiger partial charge in [-0.25, -0.2) is 9.97 Å². The van der Waals surface area contributed by atoms with E-state index in [2.05, 4.69) is 68.7 Å². The van der Waals surface area contributed by atoms with Gasteiger partial charge in [-0.15, -0.1) is 11.8 Å². The number of hydrogen-bond donors (Lipinski definition) is 3. The van der Waals surface area contributed by atoms with Gasteiger partial charge in [0.05, 0.1) is 5.69 Å². The molecule has 0 aliphatic carbocycles. The van der Waals surface area contributed by atoms with Gasteiger partial charge >= 0.3 is 5.97 Å². The number of piperidine rings is 1. The van der Waals surface area contributed by atoms with Crippen LogP contribution in [-0.4, -0.2) is 57.4 Å². The molecule has 192 valence electrons. The van der Waals surface area contributed by atoms with Crippen LogP contribution in [0.5, 0.6) is 5.75 Å². The Morgan fingerprint density at radius 1 is 1.08 bits per heavy atom. The third kappa shape index (κ3) is 5.56. The van der Waals surface area contributed by atoms with Gasteiger partial charge in [-0.3, -0.25) is 9.59 Å². The van der Waals surface area contributed by atoms with Crippen molar-refractivity contribution < 1.29 is 19.8 Å². The first-order valence-electron chi connectivity index (χ1n) is 12.5. The number of carboxylic acid groups (broad SMARTS) is 1. The molecule has 9 heteroatoms. The smallest absolute Gasteiger partial charge is 0.322 e. The number of carbonyl (C=O) groups is 2. The first kappa shape index (κ1) is 25.1. The zero-order chi connectivity index (χ0) is 25.9. The summed E-state index contributed by atoms with van der Waals surface area (Å²) in [6.45, 7) is 2.93. The molecule has 2 aliphatic rings. The van der Waals surface area contributed by atoms with Crippen molar-refractivity contribution >= 4 is 29.3 Å². The molecule has 0 saturated carbocycles. The number of aliphatic carboxylic acids is 1. The Bertz CT molecular complexity index is 1310. The Kier molecular flexibility index (Phi) is 7.32. The number of rotatable bonds is 7. The number of thioether (sulfide) groups is 1. The Labute approximate surface area is 220 Å². The molecule has 2 aromatic carbocycles. The summed E-state index contributed by atoms with van der Waals surface area (Å²) in [4.78, 5) is 35.5. The molecule has 1 atom stereocenters. The molecular formula is C28H30N4O4S. The van der Waals surface area contributed by atoms with E-state index < -0.39 is 18.4 Å². The van der Waals surface area contributed by atoms with Crippen LogP contribution in [0, 0.1) is 12.8 Å². The predicted molar refractivity (Wildman–Crippen MR) is 142 cm³/mol. The number of nitrogens with one attached hydrogen (secondary N) is 1. The van der Waals surface area contributed by atoms with Crippen molar-refractivity contribution in [2.24, 2.45) is 5.92 Å². The second kappa shape index (κ2) is 10.8. The molecular weight excluding hydrogens is 488 g/mol. The van der Waals surface area contributed by atoms with Gasteiger partial charge in [-0.05, 0) is 55.0 Å². The monoisotopic (exact) mass is 518 g/mol. The predicted octanol–water partition coefficient (Wildman–Crippen LogP) is 4.00. The lowest BCUT2D eigenvalue weighted by Gasteiger charge is -2.33. The highest BCUT2D eigenvalue weighted by Crippen LogP contribution is 2.43. The molecule has 3 N–H and O–H groups in total. The number of benzene rings is 2. The number of hydrogen-bond acceptors (Lipinski definition) is 7. The van der Waals surface area contributed by atoms with Crippen LogP contribution in [0.25, 0.3) is 0 Å². The van der Waals surface area contributed by atoms with Crippen molar-refractivity contribution in [3.8, 4) is 5.75 Å². The highest BCUT2D eigenvalue weighted by Gasteiger charge is 2.26. The summed E-state index contributed by atoms with van der Waals surface area (Å²) < 4.78 is 0. The summed E-state index contributed by atoms with van der Waals surface area (Å²) in [5.41, 5.74) is 4.15. The molecule has 1 saturated heterocycles. The van der Waals surface area contributed by atoms with E-state index in [1.165, 1.54) is 21.7 Å². The van der Waals surface area contributed by atoms with E-state index in [0.29, 0.717) is 29.8 Å². The highest BCUT2D eigenvalue weighted by atomic mass is 32.2. The van der Waals surface area contributed by atoms with E-state index >= 15 is 0 Å². The van der Waals surface area contributed by atoms with Crippen LogP contribution in [0.3, 0.4) is 0 Å². The summed E-state index contributed by atoms with van der Waals surface area (Å²) in [5.74, 6) is 0.198. The molecule has 1 amide bonds. The summed E-state index contributed by atoms with van der Waals surface area (Å²) in [5, 5.41) is 21.3. The second-order valence-corrected chi connectivity index (χ2v) is 10.7. The molecule has 3 aromatic rings. The summed E-state index contributed by atoms with van der Waals surface area (Å²) >= 11 is 1.93. The van der Waals surface area contributed by atoms with Crippen LogP contribution in [0.4, 0.5) is 5.69 Å². The van der Waals surface area contributed by atoms with Crippen LogP contribution < -0.4 is 10.2 Å². The summed E-state index contributed by atoms with van der Waals surface area (Å²) in [6.07, 6.45) is 2.54.